The van der Waals surface area contributed by atoms with Crippen LogP contribution in [0, 0.1) is 5.92 Å². The first-order valence-electron chi connectivity index (χ1n) is 6.86. The van der Waals surface area contributed by atoms with Gasteiger partial charge in [-0.15, -0.1) is 0 Å². The topological polar surface area (TPSA) is 42.2 Å². The minimum atomic E-state index is -4.42. The normalized spacial score (nSPS) is 24.0. The summed E-state index contributed by atoms with van der Waals surface area (Å²) in [6, 6.07) is 2.62. The van der Waals surface area contributed by atoms with Crippen molar-refractivity contribution in [1.82, 2.24) is 4.98 Å². The van der Waals surface area contributed by atoms with Crippen molar-refractivity contribution in [3.63, 3.8) is 0 Å². The molecule has 1 fully saturated rings. The minimum absolute atomic E-state index is 0.181. The van der Waals surface area contributed by atoms with Gasteiger partial charge in [-0.25, -0.2) is 4.98 Å². The first-order valence-corrected chi connectivity index (χ1v) is 6.86. The average molecular weight is 287 g/mol. The molecule has 1 aromatic heterocycles. The highest BCUT2D eigenvalue weighted by atomic mass is 19.4. The molecule has 0 bridgehead atoms. The van der Waals surface area contributed by atoms with Gasteiger partial charge in [0.1, 0.15) is 11.5 Å². The maximum absolute atomic E-state index is 12.8. The lowest BCUT2D eigenvalue weighted by atomic mass is 9.93. The predicted octanol–water partition coefficient (Wildman–Crippen LogP) is 3.18. The van der Waals surface area contributed by atoms with E-state index < -0.39 is 11.9 Å². The molecular weight excluding hydrogens is 267 g/mol. The summed E-state index contributed by atoms with van der Waals surface area (Å²) in [5, 5.41) is 0. The van der Waals surface area contributed by atoms with E-state index in [1.807, 2.05) is 11.8 Å². The Hall–Kier alpha value is -1.30. The number of hydrogen-bond donors (Lipinski definition) is 1. The number of nitrogens with two attached hydrogens (primary N) is 1. The van der Waals surface area contributed by atoms with Gasteiger partial charge in [-0.3, -0.25) is 0 Å². The summed E-state index contributed by atoms with van der Waals surface area (Å²) in [7, 11) is 0. The number of halogens is 3. The smallest absolute Gasteiger partial charge is 0.354 e. The zero-order chi connectivity index (χ0) is 14.9. The molecular formula is C14H20F3N3. The number of pyridine rings is 1. The maximum atomic E-state index is 12.8. The maximum Gasteiger partial charge on any atom is 0.433 e. The zero-order valence-electron chi connectivity index (χ0n) is 11.7. The monoisotopic (exact) mass is 287 g/mol. The second-order valence-electron chi connectivity index (χ2n) is 5.55. The Morgan fingerprint density at radius 3 is 2.60 bits per heavy atom. The number of hydrogen-bond acceptors (Lipinski definition) is 3. The molecule has 0 saturated carbocycles. The SMILES string of the molecule is CC1CCN(c2nc(C(F)(F)F)ccc2CN)C(C)C1. The molecule has 1 aliphatic rings. The predicted molar refractivity (Wildman–Crippen MR) is 72.3 cm³/mol. The molecule has 2 N–H and O–H groups in total. The lowest BCUT2D eigenvalue weighted by molar-refractivity contribution is -0.141. The molecule has 2 heterocycles. The number of piperidine rings is 1. The second kappa shape index (κ2) is 5.60. The van der Waals surface area contributed by atoms with E-state index in [9.17, 15) is 13.2 Å². The van der Waals surface area contributed by atoms with Crippen LogP contribution in [-0.4, -0.2) is 17.6 Å². The van der Waals surface area contributed by atoms with Gasteiger partial charge in [-0.2, -0.15) is 13.2 Å². The van der Waals surface area contributed by atoms with Crippen LogP contribution in [0.3, 0.4) is 0 Å². The van der Waals surface area contributed by atoms with E-state index in [1.165, 1.54) is 6.07 Å². The van der Waals surface area contributed by atoms with Gasteiger partial charge in [0.05, 0.1) is 0 Å². The first kappa shape index (κ1) is 15.1. The highest BCUT2D eigenvalue weighted by Crippen LogP contribution is 2.33. The summed E-state index contributed by atoms with van der Waals surface area (Å²) in [6.45, 7) is 5.11. The van der Waals surface area contributed by atoms with Gasteiger partial charge in [0.25, 0.3) is 0 Å². The third-order valence-corrected chi connectivity index (χ3v) is 3.88. The molecule has 20 heavy (non-hydrogen) atoms. The van der Waals surface area contributed by atoms with E-state index in [0.29, 0.717) is 17.3 Å². The Morgan fingerprint density at radius 1 is 1.35 bits per heavy atom. The highest BCUT2D eigenvalue weighted by Gasteiger charge is 2.34. The zero-order valence-corrected chi connectivity index (χ0v) is 11.7. The molecule has 3 nitrogen and oxygen atoms in total. The number of aromatic nitrogens is 1. The van der Waals surface area contributed by atoms with E-state index in [0.717, 1.165) is 25.5 Å². The first-order chi connectivity index (χ1) is 9.32. The van der Waals surface area contributed by atoms with Crippen molar-refractivity contribution in [3.8, 4) is 0 Å². The van der Waals surface area contributed by atoms with Crippen molar-refractivity contribution in [1.29, 1.82) is 0 Å². The lowest BCUT2D eigenvalue weighted by Gasteiger charge is -2.38. The van der Waals surface area contributed by atoms with E-state index in [-0.39, 0.29) is 12.6 Å². The van der Waals surface area contributed by atoms with Crippen LogP contribution < -0.4 is 10.6 Å². The van der Waals surface area contributed by atoms with E-state index in [4.69, 9.17) is 5.73 Å². The molecule has 2 atom stereocenters. The number of nitrogens with zero attached hydrogens (tertiary/aromatic N) is 2. The van der Waals surface area contributed by atoms with E-state index in [2.05, 4.69) is 11.9 Å². The summed E-state index contributed by atoms with van der Waals surface area (Å²) in [6.07, 6.45) is -2.50. The quantitative estimate of drug-likeness (QED) is 0.908. The molecule has 6 heteroatoms. The van der Waals surface area contributed by atoms with Gasteiger partial charge in [0.2, 0.25) is 0 Å². The van der Waals surface area contributed by atoms with Gasteiger partial charge < -0.3 is 10.6 Å². The lowest BCUT2D eigenvalue weighted by Crippen LogP contribution is -2.41. The minimum Gasteiger partial charge on any atom is -0.354 e. The molecule has 0 spiro atoms. The fourth-order valence-corrected chi connectivity index (χ4v) is 2.77. The van der Waals surface area contributed by atoms with Crippen molar-refractivity contribution in [2.75, 3.05) is 11.4 Å². The molecule has 2 unspecified atom stereocenters. The number of rotatable bonds is 2. The molecule has 1 aliphatic heterocycles. The Bertz CT molecular complexity index is 473. The van der Waals surface area contributed by atoms with Crippen LogP contribution in [0.1, 0.15) is 37.9 Å². The van der Waals surface area contributed by atoms with Crippen LogP contribution in [0.4, 0.5) is 19.0 Å². The fraction of sp³-hybridized carbons (Fsp3) is 0.643. The third-order valence-electron chi connectivity index (χ3n) is 3.88. The highest BCUT2D eigenvalue weighted by molar-refractivity contribution is 5.49. The van der Waals surface area contributed by atoms with Crippen molar-refractivity contribution >= 4 is 5.82 Å². The van der Waals surface area contributed by atoms with Gasteiger partial charge in [0, 0.05) is 24.7 Å². The molecule has 0 amide bonds. The molecule has 112 valence electrons. The van der Waals surface area contributed by atoms with Gasteiger partial charge in [-0.1, -0.05) is 13.0 Å². The Morgan fingerprint density at radius 2 is 2.05 bits per heavy atom. The van der Waals surface area contributed by atoms with Crippen molar-refractivity contribution < 1.29 is 13.2 Å². The second-order valence-corrected chi connectivity index (χ2v) is 5.55. The Labute approximate surface area is 117 Å². The van der Waals surface area contributed by atoms with Crippen LogP contribution in [0.15, 0.2) is 12.1 Å². The number of alkyl halides is 3. The summed E-state index contributed by atoms with van der Waals surface area (Å²) in [5.41, 5.74) is 5.46. The van der Waals surface area contributed by atoms with Crippen LogP contribution in [-0.2, 0) is 12.7 Å². The molecule has 0 aliphatic carbocycles. The molecule has 0 radical (unpaired) electrons. The fourth-order valence-electron chi connectivity index (χ4n) is 2.77. The molecule has 1 aromatic rings. The van der Waals surface area contributed by atoms with E-state index in [1.54, 1.807) is 0 Å². The van der Waals surface area contributed by atoms with Gasteiger partial charge in [-0.05, 0) is 31.7 Å². The molecule has 1 saturated heterocycles. The van der Waals surface area contributed by atoms with Gasteiger partial charge in [0.15, 0.2) is 0 Å². The third kappa shape index (κ3) is 3.06. The largest absolute Gasteiger partial charge is 0.433 e. The van der Waals surface area contributed by atoms with Crippen LogP contribution >= 0.6 is 0 Å². The Balaban J connectivity index is 2.38. The summed E-state index contributed by atoms with van der Waals surface area (Å²) in [5.74, 6) is 0.982. The van der Waals surface area contributed by atoms with Crippen LogP contribution in [0.5, 0.6) is 0 Å². The Kier molecular flexibility index (Phi) is 4.22. The molecule has 2 rings (SSSR count). The van der Waals surface area contributed by atoms with Crippen molar-refractivity contribution in [2.45, 2.75) is 45.5 Å². The summed E-state index contributed by atoms with van der Waals surface area (Å²) < 4.78 is 38.5. The average Bonchev–Trinajstić information content (AvgIpc) is 2.37. The van der Waals surface area contributed by atoms with Crippen molar-refractivity contribution in [2.24, 2.45) is 11.7 Å². The van der Waals surface area contributed by atoms with Gasteiger partial charge >= 0.3 is 6.18 Å². The summed E-state index contributed by atoms with van der Waals surface area (Å²) >= 11 is 0. The number of anilines is 1. The standard InChI is InChI=1S/C14H20F3N3/c1-9-5-6-20(10(2)7-9)13-11(8-18)3-4-12(19-13)14(15,16)17/h3-4,9-10H,5-8,18H2,1-2H3. The molecule has 0 aromatic carbocycles. The van der Waals surface area contributed by atoms with Crippen LogP contribution in [0.2, 0.25) is 0 Å². The van der Waals surface area contributed by atoms with Crippen molar-refractivity contribution in [3.05, 3.63) is 23.4 Å². The van der Waals surface area contributed by atoms with Crippen LogP contribution in [0.25, 0.3) is 0 Å². The summed E-state index contributed by atoms with van der Waals surface area (Å²) in [4.78, 5) is 5.79. The van der Waals surface area contributed by atoms with E-state index >= 15 is 0 Å².